The molecule has 1 heterocycles. The van der Waals surface area contributed by atoms with Gasteiger partial charge in [-0.25, -0.2) is 13.2 Å². The van der Waals surface area contributed by atoms with Crippen LogP contribution in [0.2, 0.25) is 0 Å². The molecule has 1 saturated carbocycles. The summed E-state index contributed by atoms with van der Waals surface area (Å²) in [6, 6.07) is 11.1. The third kappa shape index (κ3) is 5.53. The second kappa shape index (κ2) is 8.97. The summed E-state index contributed by atoms with van der Waals surface area (Å²) in [7, 11) is -3.75. The third-order valence-corrected chi connectivity index (χ3v) is 8.60. The first kappa shape index (κ1) is 25.2. The van der Waals surface area contributed by atoms with Crippen LogP contribution in [0.4, 0.5) is 5.69 Å². The van der Waals surface area contributed by atoms with Crippen LogP contribution in [0.15, 0.2) is 47.4 Å². The van der Waals surface area contributed by atoms with Crippen LogP contribution in [0.25, 0.3) is 0 Å². The van der Waals surface area contributed by atoms with Gasteiger partial charge in [-0.1, -0.05) is 26.8 Å². The van der Waals surface area contributed by atoms with Crippen LogP contribution in [0.5, 0.6) is 0 Å². The summed E-state index contributed by atoms with van der Waals surface area (Å²) in [4.78, 5) is 27.4. The van der Waals surface area contributed by atoms with Crippen molar-refractivity contribution in [2.75, 3.05) is 17.9 Å². The summed E-state index contributed by atoms with van der Waals surface area (Å²) in [6.45, 7) is 10.9. The van der Waals surface area contributed by atoms with Gasteiger partial charge in [-0.05, 0) is 91.5 Å². The minimum absolute atomic E-state index is 0.118. The van der Waals surface area contributed by atoms with E-state index in [9.17, 15) is 18.0 Å². The van der Waals surface area contributed by atoms with Crippen LogP contribution in [-0.2, 0) is 19.6 Å². The van der Waals surface area contributed by atoms with Gasteiger partial charge >= 0.3 is 5.97 Å². The monoisotopic (exact) mass is 498 g/mol. The first-order valence-corrected chi connectivity index (χ1v) is 13.4. The quantitative estimate of drug-likeness (QED) is 0.584. The van der Waals surface area contributed by atoms with E-state index < -0.39 is 16.0 Å². The first-order valence-electron chi connectivity index (χ1n) is 11.9. The third-order valence-electron chi connectivity index (χ3n) is 7.22. The Kier molecular flexibility index (Phi) is 6.47. The number of hydrogen-bond acceptors (Lipinski definition) is 5. The lowest BCUT2D eigenvalue weighted by Crippen LogP contribution is -2.39. The van der Waals surface area contributed by atoms with Crippen molar-refractivity contribution in [1.82, 2.24) is 4.90 Å². The molecule has 1 aliphatic carbocycles. The number of likely N-dealkylation sites (tertiary alicyclic amines) is 1. The highest BCUT2D eigenvalue weighted by molar-refractivity contribution is 7.92. The molecule has 1 amide bonds. The van der Waals surface area contributed by atoms with E-state index in [0.717, 1.165) is 30.4 Å². The maximum absolute atomic E-state index is 12.8. The maximum Gasteiger partial charge on any atom is 0.338 e. The molecule has 0 aromatic heterocycles. The van der Waals surface area contributed by atoms with Crippen molar-refractivity contribution < 1.29 is 22.7 Å². The number of aryl methyl sites for hydroxylation is 2. The Morgan fingerprint density at radius 1 is 1.03 bits per heavy atom. The summed E-state index contributed by atoms with van der Waals surface area (Å²) in [5, 5.41) is 0. The molecule has 8 heteroatoms. The average Bonchev–Trinajstić information content (AvgIpc) is 3.02. The Bertz CT molecular complexity index is 1250. The second-order valence-corrected chi connectivity index (χ2v) is 12.9. The normalized spacial score (nSPS) is 23.1. The number of nitrogens with zero attached hydrogens (tertiary/aromatic N) is 1. The fraction of sp³-hybridized carbons (Fsp3) is 0.481. The molecule has 2 fully saturated rings. The SMILES string of the molecule is Cc1ccc(S(=O)(=O)Nc2ccc(C(=O)OCC(=O)N3C[C@]4(C)C[C@@H]3CC(C)(C)C4)cc2)cc1C. The highest BCUT2D eigenvalue weighted by Crippen LogP contribution is 2.52. The van der Waals surface area contributed by atoms with E-state index in [1.165, 1.54) is 24.3 Å². The Hall–Kier alpha value is -2.87. The molecule has 1 aliphatic heterocycles. The van der Waals surface area contributed by atoms with Gasteiger partial charge in [0.1, 0.15) is 0 Å². The number of hydrogen-bond donors (Lipinski definition) is 1. The van der Waals surface area contributed by atoms with Crippen molar-refractivity contribution >= 4 is 27.6 Å². The number of fused-ring (bicyclic) bond motifs is 2. The van der Waals surface area contributed by atoms with E-state index in [-0.39, 0.29) is 39.8 Å². The molecule has 35 heavy (non-hydrogen) atoms. The number of anilines is 1. The molecular weight excluding hydrogens is 464 g/mol. The number of rotatable bonds is 6. The Labute approximate surface area is 207 Å². The van der Waals surface area contributed by atoms with Gasteiger partial charge in [0.05, 0.1) is 10.5 Å². The second-order valence-electron chi connectivity index (χ2n) is 11.2. The molecule has 2 aromatic rings. The van der Waals surface area contributed by atoms with Gasteiger partial charge in [-0.15, -0.1) is 0 Å². The fourth-order valence-corrected chi connectivity index (χ4v) is 6.96. The zero-order chi connectivity index (χ0) is 25.6. The Balaban J connectivity index is 1.35. The molecule has 4 rings (SSSR count). The number of sulfonamides is 1. The van der Waals surface area contributed by atoms with E-state index in [1.54, 1.807) is 18.2 Å². The molecule has 1 saturated heterocycles. The van der Waals surface area contributed by atoms with Gasteiger partial charge in [0.25, 0.3) is 15.9 Å². The molecule has 2 atom stereocenters. The number of benzene rings is 2. The van der Waals surface area contributed by atoms with Gasteiger partial charge in [-0.3, -0.25) is 9.52 Å². The number of ether oxygens (including phenoxy) is 1. The molecule has 0 spiro atoms. The lowest BCUT2D eigenvalue weighted by molar-refractivity contribution is -0.135. The van der Waals surface area contributed by atoms with Crippen LogP contribution in [0.3, 0.4) is 0 Å². The van der Waals surface area contributed by atoms with E-state index >= 15 is 0 Å². The van der Waals surface area contributed by atoms with Crippen molar-refractivity contribution in [2.24, 2.45) is 10.8 Å². The predicted molar refractivity (Wildman–Crippen MR) is 135 cm³/mol. The Morgan fingerprint density at radius 3 is 2.37 bits per heavy atom. The highest BCUT2D eigenvalue weighted by atomic mass is 32.2. The first-order chi connectivity index (χ1) is 16.3. The fourth-order valence-electron chi connectivity index (χ4n) is 5.81. The van der Waals surface area contributed by atoms with E-state index in [2.05, 4.69) is 25.5 Å². The summed E-state index contributed by atoms with van der Waals surface area (Å²) in [5.74, 6) is -0.779. The minimum Gasteiger partial charge on any atom is -0.452 e. The average molecular weight is 499 g/mol. The van der Waals surface area contributed by atoms with E-state index in [1.807, 2.05) is 18.7 Å². The highest BCUT2D eigenvalue weighted by Gasteiger charge is 2.50. The summed E-state index contributed by atoms with van der Waals surface area (Å²) in [6.07, 6.45) is 3.04. The van der Waals surface area contributed by atoms with Crippen LogP contribution < -0.4 is 4.72 Å². The minimum atomic E-state index is -3.75. The van der Waals surface area contributed by atoms with Crippen LogP contribution in [0, 0.1) is 24.7 Å². The van der Waals surface area contributed by atoms with Gasteiger partial charge in [0.2, 0.25) is 0 Å². The molecule has 0 unspecified atom stereocenters. The molecule has 2 bridgehead atoms. The molecular formula is C27H34N2O5S. The van der Waals surface area contributed by atoms with Crippen LogP contribution >= 0.6 is 0 Å². The van der Waals surface area contributed by atoms with Crippen molar-refractivity contribution in [1.29, 1.82) is 0 Å². The standard InChI is InChI=1S/C27H34N2O5S/c1-18-6-11-23(12-19(18)2)35(32,33)28-21-9-7-20(8-10-21)25(31)34-15-24(30)29-17-27(5)14-22(29)13-26(3,4)16-27/h6-12,22,28H,13-17H2,1-5H3/t22-,27+/m0/s1. The van der Waals surface area contributed by atoms with Crippen molar-refractivity contribution in [3.8, 4) is 0 Å². The van der Waals surface area contributed by atoms with Crippen LogP contribution in [-0.4, -0.2) is 44.4 Å². The van der Waals surface area contributed by atoms with Gasteiger partial charge in [-0.2, -0.15) is 0 Å². The predicted octanol–water partition coefficient (Wildman–Crippen LogP) is 4.69. The molecule has 188 valence electrons. The van der Waals surface area contributed by atoms with E-state index in [4.69, 9.17) is 4.74 Å². The smallest absolute Gasteiger partial charge is 0.338 e. The summed E-state index contributed by atoms with van der Waals surface area (Å²) in [5.41, 5.74) is 2.79. The molecule has 7 nitrogen and oxygen atoms in total. The number of carbonyl (C=O) groups is 2. The number of amides is 1. The van der Waals surface area contributed by atoms with Crippen molar-refractivity contribution in [3.05, 3.63) is 59.2 Å². The number of nitrogens with one attached hydrogen (secondary N) is 1. The topological polar surface area (TPSA) is 92.8 Å². The maximum atomic E-state index is 12.8. The van der Waals surface area contributed by atoms with Crippen molar-refractivity contribution in [3.63, 3.8) is 0 Å². The van der Waals surface area contributed by atoms with Crippen LogP contribution in [0.1, 0.15) is 61.5 Å². The molecule has 0 radical (unpaired) electrons. The largest absolute Gasteiger partial charge is 0.452 e. The van der Waals surface area contributed by atoms with Crippen molar-refractivity contribution in [2.45, 2.75) is 64.8 Å². The molecule has 1 N–H and O–H groups in total. The Morgan fingerprint density at radius 2 is 1.71 bits per heavy atom. The lowest BCUT2D eigenvalue weighted by atomic mass is 9.65. The van der Waals surface area contributed by atoms with Gasteiger partial charge < -0.3 is 9.64 Å². The number of carbonyl (C=O) groups excluding carboxylic acids is 2. The molecule has 2 aliphatic rings. The number of esters is 1. The van der Waals surface area contributed by atoms with Gasteiger partial charge in [0.15, 0.2) is 6.61 Å². The molecule has 2 aromatic carbocycles. The lowest BCUT2D eigenvalue weighted by Gasteiger charge is -2.39. The summed E-state index contributed by atoms with van der Waals surface area (Å²) >= 11 is 0. The zero-order valence-corrected chi connectivity index (χ0v) is 21.9. The van der Waals surface area contributed by atoms with Gasteiger partial charge in [0, 0.05) is 18.3 Å². The zero-order valence-electron chi connectivity index (χ0n) is 21.1. The van der Waals surface area contributed by atoms with E-state index in [0.29, 0.717) is 12.2 Å². The summed E-state index contributed by atoms with van der Waals surface area (Å²) < 4.78 is 33.2.